The van der Waals surface area contributed by atoms with E-state index in [1.54, 1.807) is 0 Å². The predicted molar refractivity (Wildman–Crippen MR) is 344 cm³/mol. The average Bonchev–Trinajstić information content (AvgIpc) is 3.53. The second-order valence-electron chi connectivity index (χ2n) is 24.9. The lowest BCUT2D eigenvalue weighted by molar-refractivity contribution is -0.303. The summed E-state index contributed by atoms with van der Waals surface area (Å²) < 4.78 is 11.2. The fourth-order valence-electron chi connectivity index (χ4n) is 11.5. The Morgan fingerprint density at radius 2 is 0.732 bits per heavy atom. The summed E-state index contributed by atoms with van der Waals surface area (Å²) in [5, 5.41) is 76.5. The molecular formula is C71H135NO10. The molecule has 0 saturated carbocycles. The van der Waals surface area contributed by atoms with Gasteiger partial charge in [-0.3, -0.25) is 4.79 Å². The molecule has 1 heterocycles. The summed E-state index contributed by atoms with van der Waals surface area (Å²) in [6, 6.07) is -1.19. The molecular weight excluding hydrogens is 1030 g/mol. The van der Waals surface area contributed by atoms with E-state index in [9.17, 15) is 40.5 Å². The van der Waals surface area contributed by atoms with E-state index in [1.807, 2.05) is 0 Å². The molecule has 9 unspecified atom stereocenters. The minimum atomic E-state index is -1.67. The SMILES string of the molecule is CCCCCCCCCCCCCC/C=C\CCCCCCCCCCCCC(O)C(=O)NC(COC1OC(CO)C(O)C(O)C1O)C(O)C(O)CCC/C=C/CC/C=C/CCCCCCCCCCCCCCCCCCCCCC. The molecule has 8 N–H and O–H groups in total. The van der Waals surface area contributed by atoms with Gasteiger partial charge in [0.25, 0.3) is 0 Å². The predicted octanol–water partition coefficient (Wildman–Crippen LogP) is 17.0. The first kappa shape index (κ1) is 78.3. The van der Waals surface area contributed by atoms with Crippen molar-refractivity contribution >= 4 is 5.91 Å². The first-order chi connectivity index (χ1) is 40.2. The zero-order valence-corrected chi connectivity index (χ0v) is 53.5. The molecule has 82 heavy (non-hydrogen) atoms. The molecule has 11 heteroatoms. The minimum absolute atomic E-state index is 0.247. The normalized spacial score (nSPS) is 19.3. The largest absolute Gasteiger partial charge is 0.394 e. The van der Waals surface area contributed by atoms with Crippen LogP contribution in [-0.4, -0.2) is 110 Å². The van der Waals surface area contributed by atoms with Crippen molar-refractivity contribution in [2.24, 2.45) is 0 Å². The second-order valence-corrected chi connectivity index (χ2v) is 24.9. The van der Waals surface area contributed by atoms with Crippen molar-refractivity contribution < 1.29 is 50.0 Å². The van der Waals surface area contributed by atoms with Crippen molar-refractivity contribution in [2.45, 2.75) is 396 Å². The van der Waals surface area contributed by atoms with Crippen molar-refractivity contribution in [2.75, 3.05) is 13.2 Å². The highest BCUT2D eigenvalue weighted by molar-refractivity contribution is 5.80. The first-order valence-corrected chi connectivity index (χ1v) is 35.4. The van der Waals surface area contributed by atoms with Crippen molar-refractivity contribution in [1.29, 1.82) is 0 Å². The van der Waals surface area contributed by atoms with Crippen LogP contribution in [0.15, 0.2) is 36.5 Å². The second kappa shape index (κ2) is 59.7. The number of carbonyl (C=O) groups excluding carboxylic acids is 1. The molecule has 9 atom stereocenters. The maximum Gasteiger partial charge on any atom is 0.249 e. The van der Waals surface area contributed by atoms with Crippen LogP contribution in [0, 0.1) is 0 Å². The van der Waals surface area contributed by atoms with Crippen LogP contribution in [0.3, 0.4) is 0 Å². The van der Waals surface area contributed by atoms with E-state index < -0.39 is 74.2 Å². The summed E-state index contributed by atoms with van der Waals surface area (Å²) in [5.74, 6) is -0.707. The van der Waals surface area contributed by atoms with Crippen molar-refractivity contribution in [3.05, 3.63) is 36.5 Å². The van der Waals surface area contributed by atoms with Crippen LogP contribution < -0.4 is 5.32 Å². The van der Waals surface area contributed by atoms with Crippen LogP contribution >= 0.6 is 0 Å². The molecule has 1 aliphatic rings. The van der Waals surface area contributed by atoms with Crippen molar-refractivity contribution in [3.8, 4) is 0 Å². The molecule has 0 radical (unpaired) electrons. The summed E-state index contributed by atoms with van der Waals surface area (Å²) in [5.41, 5.74) is 0. The molecule has 1 rings (SSSR count). The minimum Gasteiger partial charge on any atom is -0.394 e. The maximum atomic E-state index is 13.2. The van der Waals surface area contributed by atoms with Crippen LogP contribution in [0.1, 0.15) is 341 Å². The van der Waals surface area contributed by atoms with Crippen LogP contribution in [0.2, 0.25) is 0 Å². The molecule has 484 valence electrons. The highest BCUT2D eigenvalue weighted by Gasteiger charge is 2.44. The third-order valence-corrected chi connectivity index (χ3v) is 17.1. The summed E-state index contributed by atoms with van der Waals surface area (Å²) in [7, 11) is 0. The molecule has 1 aliphatic heterocycles. The van der Waals surface area contributed by atoms with Gasteiger partial charge in [0.1, 0.15) is 36.6 Å². The van der Waals surface area contributed by atoms with E-state index in [0.717, 1.165) is 38.5 Å². The van der Waals surface area contributed by atoms with Gasteiger partial charge in [-0.15, -0.1) is 0 Å². The highest BCUT2D eigenvalue weighted by Crippen LogP contribution is 2.24. The van der Waals surface area contributed by atoms with Crippen molar-refractivity contribution in [3.63, 3.8) is 0 Å². The van der Waals surface area contributed by atoms with E-state index in [0.29, 0.717) is 19.3 Å². The summed E-state index contributed by atoms with van der Waals surface area (Å²) in [4.78, 5) is 13.2. The van der Waals surface area contributed by atoms with Gasteiger partial charge in [0.05, 0.1) is 25.4 Å². The molecule has 0 aromatic rings. The van der Waals surface area contributed by atoms with Gasteiger partial charge >= 0.3 is 0 Å². The van der Waals surface area contributed by atoms with Gasteiger partial charge in [-0.2, -0.15) is 0 Å². The lowest BCUT2D eigenvalue weighted by atomic mass is 9.98. The Morgan fingerprint density at radius 3 is 1.09 bits per heavy atom. The van der Waals surface area contributed by atoms with E-state index in [2.05, 4.69) is 55.6 Å². The number of nitrogens with one attached hydrogen (secondary N) is 1. The number of carbonyl (C=O) groups is 1. The third-order valence-electron chi connectivity index (χ3n) is 17.1. The summed E-state index contributed by atoms with van der Waals surface area (Å²) in [6.07, 6.45) is 65.2. The molecule has 11 nitrogen and oxygen atoms in total. The Balaban J connectivity index is 2.23. The lowest BCUT2D eigenvalue weighted by Crippen LogP contribution is -2.60. The third kappa shape index (κ3) is 46.5. The van der Waals surface area contributed by atoms with Gasteiger partial charge in [-0.1, -0.05) is 301 Å². The monoisotopic (exact) mass is 1160 g/mol. The lowest BCUT2D eigenvalue weighted by Gasteiger charge is -2.40. The smallest absolute Gasteiger partial charge is 0.249 e. The number of hydrogen-bond acceptors (Lipinski definition) is 10. The maximum absolute atomic E-state index is 13.2. The van der Waals surface area contributed by atoms with E-state index in [-0.39, 0.29) is 12.8 Å². The zero-order valence-electron chi connectivity index (χ0n) is 53.5. The number of aliphatic hydroxyl groups excluding tert-OH is 7. The van der Waals surface area contributed by atoms with Gasteiger partial charge < -0.3 is 50.5 Å². The van der Waals surface area contributed by atoms with Crippen LogP contribution in [0.5, 0.6) is 0 Å². The number of hydrogen-bond donors (Lipinski definition) is 8. The first-order valence-electron chi connectivity index (χ1n) is 35.4. The Kier molecular flexibility index (Phi) is 57.0. The number of aliphatic hydroxyl groups is 7. The number of allylic oxidation sites excluding steroid dienone is 6. The fraction of sp³-hybridized carbons (Fsp3) is 0.901. The van der Waals surface area contributed by atoms with Crippen molar-refractivity contribution in [1.82, 2.24) is 5.32 Å². The molecule has 0 aromatic carbocycles. The van der Waals surface area contributed by atoms with Crippen LogP contribution in [-0.2, 0) is 14.3 Å². The molecule has 0 aromatic heterocycles. The molecule has 0 spiro atoms. The van der Waals surface area contributed by atoms with Gasteiger partial charge in [0.15, 0.2) is 6.29 Å². The van der Waals surface area contributed by atoms with E-state index in [1.165, 1.54) is 257 Å². The summed E-state index contributed by atoms with van der Waals surface area (Å²) >= 11 is 0. The number of ether oxygens (including phenoxy) is 2. The molecule has 0 aliphatic carbocycles. The van der Waals surface area contributed by atoms with Gasteiger partial charge in [-0.05, 0) is 77.0 Å². The van der Waals surface area contributed by atoms with Crippen LogP contribution in [0.25, 0.3) is 0 Å². The quantitative estimate of drug-likeness (QED) is 0.0215. The topological polar surface area (TPSA) is 189 Å². The zero-order chi connectivity index (χ0) is 59.6. The van der Waals surface area contributed by atoms with Gasteiger partial charge in [0, 0.05) is 0 Å². The number of unbranched alkanes of at least 4 members (excludes halogenated alkanes) is 44. The Morgan fingerprint density at radius 1 is 0.415 bits per heavy atom. The Hall–Kier alpha value is -1.67. The van der Waals surface area contributed by atoms with Crippen LogP contribution in [0.4, 0.5) is 0 Å². The fourth-order valence-corrected chi connectivity index (χ4v) is 11.5. The molecule has 1 fully saturated rings. The highest BCUT2D eigenvalue weighted by atomic mass is 16.7. The standard InChI is InChI=1S/C71H135NO10/c1-3-5-7-9-11-13-15-17-19-21-23-25-27-29-31-32-33-35-36-38-40-42-44-46-48-50-52-54-56-58-63(74)66(76)62(61-81-71-69(79)68(78)67(77)65(60-73)82-71)72-70(80)64(75)59-57-55-53-51-49-47-45-43-41-39-37-34-30-28-26-24-22-20-18-16-14-12-10-8-6-4-2/h30,34,42,44,50,52,62-69,71,73-79H,3-29,31-33,35-41,43,45-49,51,53-61H2,1-2H3,(H,72,80)/b34-30-,44-42+,52-50+. The molecule has 1 amide bonds. The van der Waals surface area contributed by atoms with Gasteiger partial charge in [0.2, 0.25) is 5.91 Å². The summed E-state index contributed by atoms with van der Waals surface area (Å²) in [6.45, 7) is 3.49. The van der Waals surface area contributed by atoms with Gasteiger partial charge in [-0.25, -0.2) is 0 Å². The average molecular weight is 1160 g/mol. The molecule has 0 bridgehead atoms. The Labute approximate surface area is 505 Å². The van der Waals surface area contributed by atoms with E-state index >= 15 is 0 Å². The van der Waals surface area contributed by atoms with E-state index in [4.69, 9.17) is 9.47 Å². The Bertz CT molecular complexity index is 1430. The number of amides is 1. The number of rotatable bonds is 62. The molecule has 1 saturated heterocycles.